The summed E-state index contributed by atoms with van der Waals surface area (Å²) in [7, 11) is 1.58. The van der Waals surface area contributed by atoms with Gasteiger partial charge in [-0.3, -0.25) is 0 Å². The summed E-state index contributed by atoms with van der Waals surface area (Å²) in [6, 6.07) is 5.08. The molecule has 18 heavy (non-hydrogen) atoms. The zero-order valence-corrected chi connectivity index (χ0v) is 11.5. The number of methoxy groups -OCH3 is 1. The van der Waals surface area contributed by atoms with Gasteiger partial charge in [0.25, 0.3) is 0 Å². The maximum absolute atomic E-state index is 13.2. The Kier molecular flexibility index (Phi) is 3.48. The molecule has 1 aliphatic heterocycles. The van der Waals surface area contributed by atoms with E-state index in [4.69, 9.17) is 4.74 Å². The molecule has 0 aromatic heterocycles. The van der Waals surface area contributed by atoms with Crippen LogP contribution >= 0.6 is 0 Å². The highest BCUT2D eigenvalue weighted by Gasteiger charge is 2.31. The molecular formula is C14H21FN2O. The Morgan fingerprint density at radius 1 is 1.44 bits per heavy atom. The minimum atomic E-state index is -0.266. The van der Waals surface area contributed by atoms with Crippen LogP contribution in [0.5, 0.6) is 5.75 Å². The van der Waals surface area contributed by atoms with Gasteiger partial charge in [0.15, 0.2) is 0 Å². The first-order valence-corrected chi connectivity index (χ1v) is 6.28. The average Bonchev–Trinajstić information content (AvgIpc) is 2.32. The van der Waals surface area contributed by atoms with Crippen LogP contribution < -0.4 is 15.0 Å². The van der Waals surface area contributed by atoms with Crippen LogP contribution in [0.15, 0.2) is 18.2 Å². The third-order valence-electron chi connectivity index (χ3n) is 3.42. The second-order valence-electron chi connectivity index (χ2n) is 5.56. The molecule has 2 rings (SSSR count). The molecule has 1 aromatic rings. The number of hydrogen-bond acceptors (Lipinski definition) is 3. The number of piperazine rings is 1. The van der Waals surface area contributed by atoms with Gasteiger partial charge in [-0.25, -0.2) is 4.39 Å². The first-order chi connectivity index (χ1) is 8.43. The summed E-state index contributed by atoms with van der Waals surface area (Å²) in [4.78, 5) is 2.27. The summed E-state index contributed by atoms with van der Waals surface area (Å²) >= 11 is 0. The first kappa shape index (κ1) is 13.1. The minimum absolute atomic E-state index is 0.0475. The van der Waals surface area contributed by atoms with Crippen LogP contribution in [0, 0.1) is 5.82 Å². The largest absolute Gasteiger partial charge is 0.494 e. The van der Waals surface area contributed by atoms with Crippen LogP contribution in [-0.2, 0) is 0 Å². The highest BCUT2D eigenvalue weighted by Crippen LogP contribution is 2.32. The van der Waals surface area contributed by atoms with Crippen LogP contribution in [0.25, 0.3) is 0 Å². The van der Waals surface area contributed by atoms with Crippen molar-refractivity contribution in [2.45, 2.75) is 32.4 Å². The lowest BCUT2D eigenvalue weighted by molar-refractivity contribution is 0.315. The van der Waals surface area contributed by atoms with Crippen molar-refractivity contribution in [3.63, 3.8) is 0 Å². The van der Waals surface area contributed by atoms with Crippen molar-refractivity contribution >= 4 is 5.69 Å². The quantitative estimate of drug-likeness (QED) is 0.875. The van der Waals surface area contributed by atoms with Crippen LogP contribution in [-0.4, -0.2) is 31.8 Å². The molecule has 4 heteroatoms. The normalized spacial score (nSPS) is 22.9. The van der Waals surface area contributed by atoms with Crippen molar-refractivity contribution in [3.8, 4) is 5.75 Å². The molecule has 1 aliphatic rings. The highest BCUT2D eigenvalue weighted by atomic mass is 19.1. The molecule has 1 fully saturated rings. The van der Waals surface area contributed by atoms with Crippen LogP contribution in [0.2, 0.25) is 0 Å². The number of halogens is 1. The summed E-state index contributed by atoms with van der Waals surface area (Å²) < 4.78 is 18.5. The van der Waals surface area contributed by atoms with Crippen molar-refractivity contribution < 1.29 is 9.13 Å². The van der Waals surface area contributed by atoms with Crippen molar-refractivity contribution in [1.82, 2.24) is 5.32 Å². The lowest BCUT2D eigenvalue weighted by atomic mass is 9.98. The Morgan fingerprint density at radius 3 is 2.83 bits per heavy atom. The van der Waals surface area contributed by atoms with E-state index in [1.54, 1.807) is 13.2 Å². The molecule has 0 spiro atoms. The number of ether oxygens (including phenoxy) is 1. The van der Waals surface area contributed by atoms with Gasteiger partial charge in [-0.1, -0.05) is 0 Å². The van der Waals surface area contributed by atoms with E-state index >= 15 is 0 Å². The molecule has 100 valence electrons. The molecular weight excluding hydrogens is 231 g/mol. The van der Waals surface area contributed by atoms with Gasteiger partial charge in [-0.15, -0.1) is 0 Å². The molecule has 1 unspecified atom stereocenters. The molecule has 1 saturated heterocycles. The second-order valence-corrected chi connectivity index (χ2v) is 5.56. The summed E-state index contributed by atoms with van der Waals surface area (Å²) in [6.07, 6.45) is 0. The molecule has 0 radical (unpaired) electrons. The van der Waals surface area contributed by atoms with Crippen LogP contribution in [0.3, 0.4) is 0 Å². The van der Waals surface area contributed by atoms with Crippen molar-refractivity contribution in [1.29, 1.82) is 0 Å². The zero-order chi connectivity index (χ0) is 13.3. The molecule has 1 aromatic carbocycles. The Labute approximate surface area is 108 Å². The number of benzene rings is 1. The van der Waals surface area contributed by atoms with Gasteiger partial charge in [-0.2, -0.15) is 0 Å². The Balaban J connectivity index is 2.34. The number of nitrogens with zero attached hydrogens (tertiary/aromatic N) is 1. The van der Waals surface area contributed by atoms with E-state index in [1.807, 2.05) is 0 Å². The number of rotatable bonds is 2. The van der Waals surface area contributed by atoms with Gasteiger partial charge >= 0.3 is 0 Å². The topological polar surface area (TPSA) is 24.5 Å². The fourth-order valence-corrected chi connectivity index (χ4v) is 2.38. The van der Waals surface area contributed by atoms with Crippen molar-refractivity contribution in [3.05, 3.63) is 24.0 Å². The smallest absolute Gasteiger partial charge is 0.145 e. The molecule has 0 saturated carbocycles. The molecule has 1 heterocycles. The van der Waals surface area contributed by atoms with Crippen molar-refractivity contribution in [2.75, 3.05) is 25.1 Å². The summed E-state index contributed by atoms with van der Waals surface area (Å²) in [6.45, 7) is 8.28. The zero-order valence-electron chi connectivity index (χ0n) is 11.5. The lowest BCUT2D eigenvalue weighted by Gasteiger charge is -2.45. The predicted molar refractivity (Wildman–Crippen MR) is 71.8 cm³/mol. The van der Waals surface area contributed by atoms with Gasteiger partial charge in [0.2, 0.25) is 0 Å². The lowest BCUT2D eigenvalue weighted by Crippen LogP contribution is -2.61. The molecule has 0 aliphatic carbocycles. The maximum atomic E-state index is 13.2. The van der Waals surface area contributed by atoms with E-state index in [1.165, 1.54) is 12.1 Å². The fourth-order valence-electron chi connectivity index (χ4n) is 2.38. The average molecular weight is 252 g/mol. The summed E-state index contributed by atoms with van der Waals surface area (Å²) in [5, 5.41) is 3.50. The second kappa shape index (κ2) is 4.76. The van der Waals surface area contributed by atoms with Crippen LogP contribution in [0.1, 0.15) is 20.8 Å². The standard InChI is InChI=1S/C14H21FN2O/c1-10-8-16-14(2,3)9-17(10)12-6-5-11(15)7-13(12)18-4/h5-7,10,16H,8-9H2,1-4H3. The first-order valence-electron chi connectivity index (χ1n) is 6.28. The molecule has 0 bridgehead atoms. The van der Waals surface area contributed by atoms with Gasteiger partial charge < -0.3 is 15.0 Å². The van der Waals surface area contributed by atoms with E-state index in [0.29, 0.717) is 11.8 Å². The fraction of sp³-hybridized carbons (Fsp3) is 0.571. The molecule has 1 atom stereocenters. The minimum Gasteiger partial charge on any atom is -0.494 e. The Hall–Kier alpha value is -1.29. The Bertz CT molecular complexity index is 434. The molecule has 0 amide bonds. The monoisotopic (exact) mass is 252 g/mol. The van der Waals surface area contributed by atoms with Gasteiger partial charge in [0, 0.05) is 30.7 Å². The highest BCUT2D eigenvalue weighted by molar-refractivity contribution is 5.60. The number of nitrogens with one attached hydrogen (secondary N) is 1. The maximum Gasteiger partial charge on any atom is 0.145 e. The Morgan fingerprint density at radius 2 is 2.17 bits per heavy atom. The SMILES string of the molecule is COc1cc(F)ccc1N1CC(C)(C)NCC1C. The van der Waals surface area contributed by atoms with Crippen molar-refractivity contribution in [2.24, 2.45) is 0 Å². The summed E-state index contributed by atoms with van der Waals surface area (Å²) in [5.41, 5.74) is 1.01. The van der Waals surface area contributed by atoms with E-state index in [0.717, 1.165) is 18.8 Å². The number of anilines is 1. The van der Waals surface area contributed by atoms with Gasteiger partial charge in [-0.05, 0) is 32.9 Å². The van der Waals surface area contributed by atoms with E-state index in [9.17, 15) is 4.39 Å². The van der Waals surface area contributed by atoms with E-state index in [-0.39, 0.29) is 11.4 Å². The third kappa shape index (κ3) is 2.58. The van der Waals surface area contributed by atoms with Crippen LogP contribution in [0.4, 0.5) is 10.1 Å². The van der Waals surface area contributed by atoms with Gasteiger partial charge in [0.05, 0.1) is 12.8 Å². The number of hydrogen-bond donors (Lipinski definition) is 1. The van der Waals surface area contributed by atoms with Gasteiger partial charge in [0.1, 0.15) is 11.6 Å². The molecule has 1 N–H and O–H groups in total. The third-order valence-corrected chi connectivity index (χ3v) is 3.42. The van der Waals surface area contributed by atoms with E-state index < -0.39 is 0 Å². The van der Waals surface area contributed by atoms with E-state index in [2.05, 4.69) is 31.0 Å². The predicted octanol–water partition coefficient (Wildman–Crippen LogP) is 2.41. The molecule has 3 nitrogen and oxygen atoms in total. The summed E-state index contributed by atoms with van der Waals surface area (Å²) in [5.74, 6) is 0.331.